The molecule has 0 aromatic heterocycles. The second kappa shape index (κ2) is 3.76. The van der Waals surface area contributed by atoms with E-state index in [9.17, 15) is 8.42 Å². The molecule has 0 amide bonds. The summed E-state index contributed by atoms with van der Waals surface area (Å²) in [5.41, 5.74) is 0.873. The highest BCUT2D eigenvalue weighted by atomic mass is 32.2. The van der Waals surface area contributed by atoms with Gasteiger partial charge in [0.2, 0.25) is 0 Å². The van der Waals surface area contributed by atoms with Gasteiger partial charge in [0.1, 0.15) is 0 Å². The van der Waals surface area contributed by atoms with E-state index < -0.39 is 9.84 Å². The minimum atomic E-state index is -2.84. The van der Waals surface area contributed by atoms with Crippen LogP contribution in [0.3, 0.4) is 0 Å². The van der Waals surface area contributed by atoms with Crippen molar-refractivity contribution >= 4 is 9.84 Å². The summed E-state index contributed by atoms with van der Waals surface area (Å²) in [5, 5.41) is 0. The summed E-state index contributed by atoms with van der Waals surface area (Å²) in [4.78, 5) is 0. The Bertz CT molecular complexity index is 212. The molecular formula is C7H13O2S. The summed E-state index contributed by atoms with van der Waals surface area (Å²) in [7, 11) is -2.84. The van der Waals surface area contributed by atoms with Crippen LogP contribution in [-0.2, 0) is 9.84 Å². The van der Waals surface area contributed by atoms with Crippen molar-refractivity contribution in [3.8, 4) is 0 Å². The SMILES string of the molecule is [CH2]CC=C(C)CS(C)(=O)=O. The first-order valence-corrected chi connectivity index (χ1v) is 5.14. The molecule has 0 aliphatic rings. The van der Waals surface area contributed by atoms with Crippen LogP contribution in [0.2, 0.25) is 0 Å². The van der Waals surface area contributed by atoms with E-state index in [0.29, 0.717) is 6.42 Å². The predicted molar refractivity (Wildman–Crippen MR) is 43.4 cm³/mol. The van der Waals surface area contributed by atoms with Gasteiger partial charge in [-0.25, -0.2) is 8.42 Å². The maximum atomic E-state index is 10.7. The van der Waals surface area contributed by atoms with E-state index in [2.05, 4.69) is 6.92 Å². The molecule has 1 radical (unpaired) electrons. The van der Waals surface area contributed by atoms with Crippen LogP contribution in [0.25, 0.3) is 0 Å². The first-order chi connectivity index (χ1) is 4.45. The van der Waals surface area contributed by atoms with E-state index in [1.54, 1.807) is 6.92 Å². The molecule has 0 aliphatic carbocycles. The summed E-state index contributed by atoms with van der Waals surface area (Å²) in [5.74, 6) is 0.155. The molecule has 0 aromatic rings. The third-order valence-electron chi connectivity index (χ3n) is 0.983. The van der Waals surface area contributed by atoms with Gasteiger partial charge in [0.15, 0.2) is 9.84 Å². The zero-order valence-corrected chi connectivity index (χ0v) is 7.24. The third kappa shape index (κ3) is 5.82. The average molecular weight is 161 g/mol. The van der Waals surface area contributed by atoms with Gasteiger partial charge in [-0.1, -0.05) is 11.6 Å². The van der Waals surface area contributed by atoms with Crippen molar-refractivity contribution in [2.24, 2.45) is 0 Å². The van der Waals surface area contributed by atoms with Crippen LogP contribution in [0.1, 0.15) is 13.3 Å². The van der Waals surface area contributed by atoms with Crippen LogP contribution in [0.15, 0.2) is 11.6 Å². The smallest absolute Gasteiger partial charge is 0.151 e. The molecule has 0 fully saturated rings. The van der Waals surface area contributed by atoms with E-state index in [-0.39, 0.29) is 5.75 Å². The Morgan fingerprint density at radius 1 is 1.60 bits per heavy atom. The number of sulfone groups is 1. The largest absolute Gasteiger partial charge is 0.229 e. The normalized spacial score (nSPS) is 13.7. The lowest BCUT2D eigenvalue weighted by atomic mass is 10.3. The Labute approximate surface area is 62.9 Å². The average Bonchev–Trinajstić information content (AvgIpc) is 1.59. The molecular weight excluding hydrogens is 148 g/mol. The van der Waals surface area contributed by atoms with Crippen molar-refractivity contribution in [2.75, 3.05) is 12.0 Å². The van der Waals surface area contributed by atoms with Crippen LogP contribution in [0, 0.1) is 6.92 Å². The summed E-state index contributed by atoms with van der Waals surface area (Å²) in [6.07, 6.45) is 3.70. The molecule has 0 aliphatic heterocycles. The van der Waals surface area contributed by atoms with Gasteiger partial charge in [-0.3, -0.25) is 0 Å². The van der Waals surface area contributed by atoms with Crippen molar-refractivity contribution < 1.29 is 8.42 Å². The van der Waals surface area contributed by atoms with Crippen LogP contribution in [0.4, 0.5) is 0 Å². The minimum absolute atomic E-state index is 0.155. The molecule has 0 unspecified atom stereocenters. The van der Waals surface area contributed by atoms with Gasteiger partial charge in [-0.15, -0.1) is 0 Å². The summed E-state index contributed by atoms with van der Waals surface area (Å²) in [6.45, 7) is 5.38. The van der Waals surface area contributed by atoms with E-state index in [1.165, 1.54) is 6.26 Å². The van der Waals surface area contributed by atoms with Crippen molar-refractivity contribution in [1.29, 1.82) is 0 Å². The number of hydrogen-bond acceptors (Lipinski definition) is 2. The fourth-order valence-corrected chi connectivity index (χ4v) is 1.66. The highest BCUT2D eigenvalue weighted by Gasteiger charge is 2.01. The Morgan fingerprint density at radius 3 is 2.40 bits per heavy atom. The van der Waals surface area contributed by atoms with Gasteiger partial charge in [0.05, 0.1) is 5.75 Å². The van der Waals surface area contributed by atoms with Gasteiger partial charge < -0.3 is 0 Å². The molecule has 0 saturated heterocycles. The lowest BCUT2D eigenvalue weighted by Gasteiger charge is -1.96. The van der Waals surface area contributed by atoms with Crippen molar-refractivity contribution in [2.45, 2.75) is 13.3 Å². The maximum Gasteiger partial charge on any atom is 0.151 e. The molecule has 0 rings (SSSR count). The van der Waals surface area contributed by atoms with Crippen molar-refractivity contribution in [3.05, 3.63) is 18.6 Å². The fourth-order valence-electron chi connectivity index (χ4n) is 0.719. The Morgan fingerprint density at radius 2 is 2.10 bits per heavy atom. The minimum Gasteiger partial charge on any atom is -0.229 e. The zero-order chi connectivity index (χ0) is 8.20. The molecule has 0 spiro atoms. The predicted octanol–water partition coefficient (Wildman–Crippen LogP) is 1.20. The van der Waals surface area contributed by atoms with E-state index >= 15 is 0 Å². The number of hydrogen-bond donors (Lipinski definition) is 0. The number of rotatable bonds is 3. The van der Waals surface area contributed by atoms with Crippen LogP contribution in [-0.4, -0.2) is 20.4 Å². The number of allylic oxidation sites excluding steroid dienone is 1. The third-order valence-corrected chi connectivity index (χ3v) is 1.96. The fraction of sp³-hybridized carbons (Fsp3) is 0.571. The van der Waals surface area contributed by atoms with E-state index in [1.807, 2.05) is 6.08 Å². The summed E-state index contributed by atoms with van der Waals surface area (Å²) >= 11 is 0. The van der Waals surface area contributed by atoms with Gasteiger partial charge in [-0.2, -0.15) is 0 Å². The molecule has 10 heavy (non-hydrogen) atoms. The van der Waals surface area contributed by atoms with Crippen LogP contribution in [0.5, 0.6) is 0 Å². The van der Waals surface area contributed by atoms with Crippen LogP contribution >= 0.6 is 0 Å². The second-order valence-electron chi connectivity index (χ2n) is 2.41. The van der Waals surface area contributed by atoms with Gasteiger partial charge >= 0.3 is 0 Å². The monoisotopic (exact) mass is 161 g/mol. The Balaban J connectivity index is 4.05. The zero-order valence-electron chi connectivity index (χ0n) is 6.42. The standard InChI is InChI=1S/C7H13O2S/c1-4-5-7(2)6-10(3,8)9/h5H,1,4,6H2,2-3H3. The summed E-state index contributed by atoms with van der Waals surface area (Å²) in [6, 6.07) is 0. The molecule has 0 aromatic carbocycles. The van der Waals surface area contributed by atoms with Crippen LogP contribution < -0.4 is 0 Å². The maximum absolute atomic E-state index is 10.7. The van der Waals surface area contributed by atoms with Gasteiger partial charge in [0, 0.05) is 6.26 Å². The lowest BCUT2D eigenvalue weighted by molar-refractivity contribution is 0.604. The highest BCUT2D eigenvalue weighted by Crippen LogP contribution is 1.98. The molecule has 3 heteroatoms. The lowest BCUT2D eigenvalue weighted by Crippen LogP contribution is -2.03. The van der Waals surface area contributed by atoms with Crippen molar-refractivity contribution in [1.82, 2.24) is 0 Å². The molecule has 0 atom stereocenters. The highest BCUT2D eigenvalue weighted by molar-refractivity contribution is 7.90. The summed E-state index contributed by atoms with van der Waals surface area (Å²) < 4.78 is 21.3. The van der Waals surface area contributed by atoms with E-state index in [0.717, 1.165) is 5.57 Å². The topological polar surface area (TPSA) is 34.1 Å². The second-order valence-corrected chi connectivity index (χ2v) is 4.55. The van der Waals surface area contributed by atoms with Gasteiger partial charge in [-0.05, 0) is 20.3 Å². The molecule has 2 nitrogen and oxygen atoms in total. The molecule has 0 N–H and O–H groups in total. The molecule has 0 bridgehead atoms. The van der Waals surface area contributed by atoms with E-state index in [4.69, 9.17) is 0 Å². The molecule has 59 valence electrons. The molecule has 0 saturated carbocycles. The van der Waals surface area contributed by atoms with Crippen molar-refractivity contribution in [3.63, 3.8) is 0 Å². The Kier molecular flexibility index (Phi) is 3.64. The molecule has 0 heterocycles. The van der Waals surface area contributed by atoms with Gasteiger partial charge in [0.25, 0.3) is 0 Å². The quantitative estimate of drug-likeness (QED) is 0.583. The first-order valence-electron chi connectivity index (χ1n) is 3.08. The first kappa shape index (κ1) is 9.69. The Hall–Kier alpha value is -0.310.